The fourth-order valence-corrected chi connectivity index (χ4v) is 3.64. The Kier molecular flexibility index (Phi) is 5.84. The van der Waals surface area contributed by atoms with E-state index < -0.39 is 5.97 Å². The van der Waals surface area contributed by atoms with Crippen LogP contribution >= 0.6 is 0 Å². The van der Waals surface area contributed by atoms with Crippen LogP contribution < -0.4 is 0 Å². The number of hydrogen-bond acceptors (Lipinski definition) is 2. The molecular formula is C25H26O3. The number of rotatable bonds is 6. The number of hydrogen-bond donors (Lipinski definition) is 2. The topological polar surface area (TPSA) is 57.5 Å². The van der Waals surface area contributed by atoms with Crippen molar-refractivity contribution in [2.75, 3.05) is 0 Å². The molecule has 0 bridgehead atoms. The predicted molar refractivity (Wildman–Crippen MR) is 112 cm³/mol. The summed E-state index contributed by atoms with van der Waals surface area (Å²) in [6, 6.07) is 21.7. The lowest BCUT2D eigenvalue weighted by Gasteiger charge is -2.24. The lowest BCUT2D eigenvalue weighted by Crippen LogP contribution is -2.09. The standard InChI is InChI=1S/C25H26O3/c1-16-7-11-19(12-8-16)18(3)15-23(20-13-9-17(2)10-14-20)21-5-4-6-22(24(21)26)25(27)28/h4-14,18,23,26H,15H2,1-3H3,(H,27,28). The number of para-hydroxylation sites is 1. The molecule has 0 radical (unpaired) electrons. The number of carbonyl (C=O) groups is 1. The van der Waals surface area contributed by atoms with Crippen LogP contribution in [0, 0.1) is 13.8 Å². The van der Waals surface area contributed by atoms with Gasteiger partial charge in [0.25, 0.3) is 0 Å². The maximum atomic E-state index is 11.5. The Morgan fingerprint density at radius 3 is 1.93 bits per heavy atom. The van der Waals surface area contributed by atoms with Crippen LogP contribution in [-0.2, 0) is 0 Å². The molecule has 0 aliphatic rings. The van der Waals surface area contributed by atoms with E-state index in [4.69, 9.17) is 0 Å². The summed E-state index contributed by atoms with van der Waals surface area (Å²) in [4.78, 5) is 11.5. The highest BCUT2D eigenvalue weighted by molar-refractivity contribution is 5.91. The molecule has 0 aliphatic carbocycles. The van der Waals surface area contributed by atoms with Gasteiger partial charge in [-0.05, 0) is 43.4 Å². The number of aromatic carboxylic acids is 1. The number of benzene rings is 3. The highest BCUT2D eigenvalue weighted by atomic mass is 16.4. The zero-order valence-corrected chi connectivity index (χ0v) is 16.5. The Bertz CT molecular complexity index is 956. The molecule has 0 spiro atoms. The first-order valence-electron chi connectivity index (χ1n) is 9.55. The van der Waals surface area contributed by atoms with E-state index >= 15 is 0 Å². The maximum Gasteiger partial charge on any atom is 0.339 e. The summed E-state index contributed by atoms with van der Waals surface area (Å²) in [5.74, 6) is -1.11. The molecule has 0 amide bonds. The van der Waals surface area contributed by atoms with Crippen molar-refractivity contribution < 1.29 is 15.0 Å². The minimum atomic E-state index is -1.12. The van der Waals surface area contributed by atoms with Crippen LogP contribution in [0.4, 0.5) is 0 Å². The van der Waals surface area contributed by atoms with Crippen LogP contribution in [0.3, 0.4) is 0 Å². The monoisotopic (exact) mass is 374 g/mol. The van der Waals surface area contributed by atoms with Crippen molar-refractivity contribution in [3.05, 3.63) is 100 Å². The highest BCUT2D eigenvalue weighted by Gasteiger charge is 2.24. The third-order valence-corrected chi connectivity index (χ3v) is 5.39. The Morgan fingerprint density at radius 2 is 1.39 bits per heavy atom. The van der Waals surface area contributed by atoms with Gasteiger partial charge in [0.05, 0.1) is 0 Å². The lowest BCUT2D eigenvalue weighted by molar-refractivity contribution is 0.0693. The third-order valence-electron chi connectivity index (χ3n) is 5.39. The molecule has 0 aliphatic heterocycles. The molecule has 28 heavy (non-hydrogen) atoms. The predicted octanol–water partition coefficient (Wildman–Crippen LogP) is 6.03. The molecular weight excluding hydrogens is 348 g/mol. The van der Waals surface area contributed by atoms with Crippen molar-refractivity contribution in [1.82, 2.24) is 0 Å². The van der Waals surface area contributed by atoms with Crippen molar-refractivity contribution in [2.24, 2.45) is 0 Å². The Hall–Kier alpha value is -3.07. The first kappa shape index (κ1) is 19.7. The minimum Gasteiger partial charge on any atom is -0.507 e. The second-order valence-corrected chi connectivity index (χ2v) is 7.56. The fourth-order valence-electron chi connectivity index (χ4n) is 3.64. The average molecular weight is 374 g/mol. The van der Waals surface area contributed by atoms with Gasteiger partial charge in [-0.2, -0.15) is 0 Å². The normalized spacial score (nSPS) is 13.1. The number of carboxylic acids is 1. The largest absolute Gasteiger partial charge is 0.507 e. The van der Waals surface area contributed by atoms with Crippen molar-refractivity contribution >= 4 is 5.97 Å². The van der Waals surface area contributed by atoms with Gasteiger partial charge in [0.1, 0.15) is 11.3 Å². The molecule has 2 unspecified atom stereocenters. The van der Waals surface area contributed by atoms with Crippen molar-refractivity contribution in [2.45, 2.75) is 39.0 Å². The van der Waals surface area contributed by atoms with Crippen LogP contribution in [0.1, 0.15) is 63.4 Å². The fraction of sp³-hybridized carbons (Fsp3) is 0.240. The van der Waals surface area contributed by atoms with Crippen molar-refractivity contribution in [3.8, 4) is 5.75 Å². The molecule has 0 saturated carbocycles. The van der Waals surface area contributed by atoms with Gasteiger partial charge in [-0.1, -0.05) is 78.7 Å². The molecule has 144 valence electrons. The molecule has 3 aromatic carbocycles. The van der Waals surface area contributed by atoms with E-state index in [-0.39, 0.29) is 23.1 Å². The van der Waals surface area contributed by atoms with Crippen LogP contribution in [-0.4, -0.2) is 16.2 Å². The van der Waals surface area contributed by atoms with E-state index in [1.165, 1.54) is 17.2 Å². The first-order chi connectivity index (χ1) is 13.4. The van der Waals surface area contributed by atoms with Crippen LogP contribution in [0.5, 0.6) is 5.75 Å². The Morgan fingerprint density at radius 1 is 0.857 bits per heavy atom. The van der Waals surface area contributed by atoms with E-state index in [0.717, 1.165) is 17.5 Å². The lowest BCUT2D eigenvalue weighted by atomic mass is 9.80. The zero-order valence-electron chi connectivity index (χ0n) is 16.5. The number of aromatic hydroxyl groups is 1. The van der Waals surface area contributed by atoms with Gasteiger partial charge < -0.3 is 10.2 Å². The van der Waals surface area contributed by atoms with E-state index in [9.17, 15) is 15.0 Å². The van der Waals surface area contributed by atoms with Crippen LogP contribution in [0.15, 0.2) is 66.7 Å². The van der Waals surface area contributed by atoms with E-state index in [2.05, 4.69) is 62.4 Å². The first-order valence-corrected chi connectivity index (χ1v) is 9.55. The molecule has 3 heteroatoms. The molecule has 2 N–H and O–H groups in total. The number of phenols is 1. The summed E-state index contributed by atoms with van der Waals surface area (Å²) in [5.41, 5.74) is 5.29. The van der Waals surface area contributed by atoms with Gasteiger partial charge in [-0.25, -0.2) is 4.79 Å². The van der Waals surface area contributed by atoms with E-state index in [1.54, 1.807) is 6.07 Å². The smallest absolute Gasteiger partial charge is 0.339 e. The summed E-state index contributed by atoms with van der Waals surface area (Å²) in [6.45, 7) is 6.28. The minimum absolute atomic E-state index is 0.0578. The van der Waals surface area contributed by atoms with Crippen molar-refractivity contribution in [1.29, 1.82) is 0 Å². The van der Waals surface area contributed by atoms with E-state index in [1.807, 2.05) is 13.0 Å². The van der Waals surface area contributed by atoms with Gasteiger partial charge in [-0.3, -0.25) is 0 Å². The second kappa shape index (κ2) is 8.30. The van der Waals surface area contributed by atoms with Crippen molar-refractivity contribution in [3.63, 3.8) is 0 Å². The number of carboxylic acid groups (broad SMARTS) is 1. The average Bonchev–Trinajstić information content (AvgIpc) is 2.67. The molecule has 3 nitrogen and oxygen atoms in total. The molecule has 2 atom stereocenters. The van der Waals surface area contributed by atoms with Gasteiger partial charge in [-0.15, -0.1) is 0 Å². The summed E-state index contributed by atoms with van der Waals surface area (Å²) in [5, 5.41) is 20.1. The maximum absolute atomic E-state index is 11.5. The molecule has 3 aromatic rings. The Labute approximate surface area is 166 Å². The molecule has 0 saturated heterocycles. The van der Waals surface area contributed by atoms with E-state index in [0.29, 0.717) is 5.56 Å². The van der Waals surface area contributed by atoms with Gasteiger partial charge in [0.15, 0.2) is 0 Å². The summed E-state index contributed by atoms with van der Waals surface area (Å²) in [6.07, 6.45) is 0.767. The van der Waals surface area contributed by atoms with Gasteiger partial charge >= 0.3 is 5.97 Å². The zero-order chi connectivity index (χ0) is 20.3. The number of aryl methyl sites for hydroxylation is 2. The third kappa shape index (κ3) is 4.25. The molecule has 3 rings (SSSR count). The summed E-state index contributed by atoms with van der Waals surface area (Å²) < 4.78 is 0. The second-order valence-electron chi connectivity index (χ2n) is 7.56. The quantitative estimate of drug-likeness (QED) is 0.553. The van der Waals surface area contributed by atoms with Crippen LogP contribution in [0.2, 0.25) is 0 Å². The molecule has 0 aromatic heterocycles. The summed E-state index contributed by atoms with van der Waals surface area (Å²) in [7, 11) is 0. The Balaban J connectivity index is 2.03. The molecule has 0 fully saturated rings. The SMILES string of the molecule is Cc1ccc(C(C)CC(c2ccc(C)cc2)c2cccc(C(=O)O)c2O)cc1. The molecule has 0 heterocycles. The summed E-state index contributed by atoms with van der Waals surface area (Å²) >= 11 is 0. The highest BCUT2D eigenvalue weighted by Crippen LogP contribution is 2.40. The van der Waals surface area contributed by atoms with Gasteiger partial charge in [0.2, 0.25) is 0 Å². The van der Waals surface area contributed by atoms with Gasteiger partial charge in [0, 0.05) is 11.5 Å². The van der Waals surface area contributed by atoms with Crippen LogP contribution in [0.25, 0.3) is 0 Å².